The lowest BCUT2D eigenvalue weighted by molar-refractivity contribution is 0.106. The van der Waals surface area contributed by atoms with Gasteiger partial charge in [0, 0.05) is 6.61 Å². The van der Waals surface area contributed by atoms with Gasteiger partial charge in [0.1, 0.15) is 6.61 Å². The second-order valence-corrected chi connectivity index (χ2v) is 7.87. The van der Waals surface area contributed by atoms with Crippen LogP contribution in [0.1, 0.15) is 18.6 Å². The predicted octanol–water partition coefficient (Wildman–Crippen LogP) is 3.94. The zero-order chi connectivity index (χ0) is 15.4. The second-order valence-electron chi connectivity index (χ2n) is 3.31. The third kappa shape index (κ3) is 6.10. The molecule has 1 heterocycles. The summed E-state index contributed by atoms with van der Waals surface area (Å²) < 4.78 is 6.54. The van der Waals surface area contributed by atoms with Crippen molar-refractivity contribution < 1.29 is 9.47 Å². The van der Waals surface area contributed by atoms with Gasteiger partial charge >= 0.3 is 6.01 Å². The van der Waals surface area contributed by atoms with Gasteiger partial charge in [-0.05, 0) is 6.92 Å². The van der Waals surface area contributed by atoms with Crippen molar-refractivity contribution in [2.75, 3.05) is 19.8 Å². The number of hydrogen-bond acceptors (Lipinski definition) is 5. The van der Waals surface area contributed by atoms with E-state index in [1.165, 1.54) is 0 Å². The van der Waals surface area contributed by atoms with Gasteiger partial charge in [-0.25, -0.2) is 4.98 Å². The fourth-order valence-corrected chi connectivity index (χ4v) is 1.52. The van der Waals surface area contributed by atoms with Gasteiger partial charge in [-0.3, -0.25) is 0 Å². The van der Waals surface area contributed by atoms with Crippen LogP contribution in [0, 0.1) is 0 Å². The minimum Gasteiger partial charge on any atom is -0.461 e. The Morgan fingerprint density at radius 3 is 1.75 bits per heavy atom. The van der Waals surface area contributed by atoms with E-state index in [1.54, 1.807) is 0 Å². The first kappa shape index (κ1) is 18.6. The molecule has 11 heteroatoms. The summed E-state index contributed by atoms with van der Waals surface area (Å²) in [6, 6.07) is -0.123. The van der Waals surface area contributed by atoms with Gasteiger partial charge < -0.3 is 9.47 Å². The number of halogens is 6. The van der Waals surface area contributed by atoms with E-state index in [9.17, 15) is 0 Å². The molecule has 0 atom stereocenters. The van der Waals surface area contributed by atoms with E-state index in [4.69, 9.17) is 79.1 Å². The van der Waals surface area contributed by atoms with Crippen molar-refractivity contribution in [2.24, 2.45) is 0 Å². The van der Waals surface area contributed by atoms with Crippen LogP contribution in [0.2, 0.25) is 0 Å². The Morgan fingerprint density at radius 2 is 1.35 bits per heavy atom. The lowest BCUT2D eigenvalue weighted by Crippen LogP contribution is -2.18. The van der Waals surface area contributed by atoms with Crippen molar-refractivity contribution in [3.8, 4) is 6.01 Å². The van der Waals surface area contributed by atoms with Crippen LogP contribution in [0.25, 0.3) is 0 Å². The van der Waals surface area contributed by atoms with Crippen LogP contribution in [-0.2, 0) is 12.3 Å². The number of ether oxygens (including phenoxy) is 2. The summed E-state index contributed by atoms with van der Waals surface area (Å²) in [5.41, 5.74) is 0. The summed E-state index contributed by atoms with van der Waals surface area (Å²) in [6.45, 7) is 2.94. The molecule has 0 aliphatic carbocycles. The smallest absolute Gasteiger partial charge is 0.320 e. The van der Waals surface area contributed by atoms with Gasteiger partial charge in [-0.2, -0.15) is 9.97 Å². The summed E-state index contributed by atoms with van der Waals surface area (Å²) in [4.78, 5) is 11.5. The minimum atomic E-state index is -1.90. The molecule has 0 unspecified atom stereocenters. The van der Waals surface area contributed by atoms with E-state index in [2.05, 4.69) is 15.0 Å². The second kappa shape index (κ2) is 7.68. The number of hydrogen-bond donors (Lipinski definition) is 0. The molecule has 0 radical (unpaired) electrons. The molecular formula is C9H9Cl6N3O2. The number of aromatic nitrogens is 3. The van der Waals surface area contributed by atoms with Crippen LogP contribution in [0.4, 0.5) is 0 Å². The molecule has 114 valence electrons. The average Bonchev–Trinajstić information content (AvgIpc) is 2.32. The monoisotopic (exact) mass is 401 g/mol. The molecule has 0 aliphatic rings. The van der Waals surface area contributed by atoms with Crippen LogP contribution in [-0.4, -0.2) is 34.8 Å². The Bertz CT molecular complexity index is 416. The lowest BCUT2D eigenvalue weighted by atomic mass is 10.6. The molecule has 1 rings (SSSR count). The van der Waals surface area contributed by atoms with Gasteiger partial charge in [-0.15, -0.1) is 0 Å². The minimum absolute atomic E-state index is 0.123. The molecule has 0 fully saturated rings. The molecule has 0 aliphatic heterocycles. The van der Waals surface area contributed by atoms with Gasteiger partial charge in [-0.1, -0.05) is 69.6 Å². The molecule has 0 saturated carbocycles. The van der Waals surface area contributed by atoms with Crippen molar-refractivity contribution in [2.45, 2.75) is 14.5 Å². The summed E-state index contributed by atoms with van der Waals surface area (Å²) >= 11 is 34.2. The number of nitrogens with zero attached hydrogens (tertiary/aromatic N) is 3. The lowest BCUT2D eigenvalue weighted by Gasteiger charge is -2.15. The van der Waals surface area contributed by atoms with Crippen molar-refractivity contribution in [1.82, 2.24) is 15.0 Å². The highest BCUT2D eigenvalue weighted by atomic mass is 35.6. The molecular weight excluding hydrogens is 395 g/mol. The van der Waals surface area contributed by atoms with Crippen molar-refractivity contribution in [1.29, 1.82) is 0 Å². The highest BCUT2D eigenvalue weighted by Crippen LogP contribution is 2.40. The van der Waals surface area contributed by atoms with Crippen LogP contribution in [0.3, 0.4) is 0 Å². The van der Waals surface area contributed by atoms with Crippen LogP contribution in [0.15, 0.2) is 0 Å². The maximum Gasteiger partial charge on any atom is 0.320 e. The highest BCUT2D eigenvalue weighted by Gasteiger charge is 2.34. The number of rotatable bonds is 5. The number of alkyl halides is 6. The van der Waals surface area contributed by atoms with E-state index in [-0.39, 0.29) is 24.3 Å². The van der Waals surface area contributed by atoms with Crippen LogP contribution < -0.4 is 4.74 Å². The molecule has 1 aromatic heterocycles. The van der Waals surface area contributed by atoms with E-state index < -0.39 is 7.59 Å². The van der Waals surface area contributed by atoms with E-state index in [0.29, 0.717) is 13.2 Å². The SMILES string of the molecule is CCOCCOc1nc(C(Cl)(Cl)Cl)nc(C(Cl)(Cl)Cl)n1. The van der Waals surface area contributed by atoms with Gasteiger partial charge in [0.25, 0.3) is 0 Å². The largest absolute Gasteiger partial charge is 0.461 e. The molecule has 0 N–H and O–H groups in total. The maximum atomic E-state index is 5.70. The third-order valence-electron chi connectivity index (χ3n) is 1.78. The molecule has 5 nitrogen and oxygen atoms in total. The molecule has 0 aromatic carbocycles. The maximum absolute atomic E-state index is 5.70. The van der Waals surface area contributed by atoms with Gasteiger partial charge in [0.05, 0.1) is 6.61 Å². The first-order valence-electron chi connectivity index (χ1n) is 5.25. The first-order valence-corrected chi connectivity index (χ1v) is 7.52. The Balaban J connectivity index is 2.99. The Labute approximate surface area is 145 Å². The first-order chi connectivity index (χ1) is 9.14. The van der Waals surface area contributed by atoms with Gasteiger partial charge in [0.15, 0.2) is 11.6 Å². The van der Waals surface area contributed by atoms with Crippen molar-refractivity contribution in [3.63, 3.8) is 0 Å². The summed E-state index contributed by atoms with van der Waals surface area (Å²) in [5, 5.41) is 0. The van der Waals surface area contributed by atoms with Crippen molar-refractivity contribution in [3.05, 3.63) is 11.6 Å². The molecule has 20 heavy (non-hydrogen) atoms. The quantitative estimate of drug-likeness (QED) is 0.550. The van der Waals surface area contributed by atoms with E-state index >= 15 is 0 Å². The molecule has 0 bridgehead atoms. The zero-order valence-electron chi connectivity index (χ0n) is 10.0. The fraction of sp³-hybridized carbons (Fsp3) is 0.667. The summed E-state index contributed by atoms with van der Waals surface area (Å²) in [6.07, 6.45) is 0. The normalized spacial score (nSPS) is 12.6. The van der Waals surface area contributed by atoms with Gasteiger partial charge in [0.2, 0.25) is 7.59 Å². The van der Waals surface area contributed by atoms with E-state index in [1.807, 2.05) is 6.92 Å². The average molecular weight is 404 g/mol. The Morgan fingerprint density at radius 1 is 0.850 bits per heavy atom. The Kier molecular flexibility index (Phi) is 7.12. The standard InChI is InChI=1S/C9H9Cl6N3O2/c1-2-19-3-4-20-7-17-5(8(10,11)12)16-6(18-7)9(13,14)15/h2-4H2,1H3. The Hall–Kier alpha value is 0.510. The summed E-state index contributed by atoms with van der Waals surface area (Å²) in [5.74, 6) is -0.407. The van der Waals surface area contributed by atoms with Crippen LogP contribution in [0.5, 0.6) is 6.01 Å². The topological polar surface area (TPSA) is 57.1 Å². The third-order valence-corrected chi connectivity index (χ3v) is 2.80. The van der Waals surface area contributed by atoms with Crippen molar-refractivity contribution >= 4 is 69.6 Å². The van der Waals surface area contributed by atoms with E-state index in [0.717, 1.165) is 0 Å². The predicted molar refractivity (Wildman–Crippen MR) is 80.3 cm³/mol. The molecule has 0 spiro atoms. The molecule has 0 saturated heterocycles. The fourth-order valence-electron chi connectivity index (χ4n) is 1.01. The molecule has 1 aromatic rings. The summed E-state index contributed by atoms with van der Waals surface area (Å²) in [7, 11) is 0. The molecule has 0 amide bonds. The highest BCUT2D eigenvalue weighted by molar-refractivity contribution is 6.67. The zero-order valence-corrected chi connectivity index (χ0v) is 14.6. The van der Waals surface area contributed by atoms with Crippen LogP contribution >= 0.6 is 69.6 Å².